The SMILES string of the molecule is CSCC[C@@H]1NC(=S)N(c2ccc3nc(SC)sc3c2)C1=O. The maximum atomic E-state index is 12.6. The van der Waals surface area contributed by atoms with Crippen LogP contribution in [0.4, 0.5) is 5.69 Å². The molecule has 1 atom stereocenters. The molecule has 1 aliphatic rings. The molecule has 2 heterocycles. The van der Waals surface area contributed by atoms with Crippen LogP contribution in [0.1, 0.15) is 6.42 Å². The maximum absolute atomic E-state index is 12.6. The van der Waals surface area contributed by atoms with Crippen LogP contribution in [0.3, 0.4) is 0 Å². The van der Waals surface area contributed by atoms with Gasteiger partial charge in [0.2, 0.25) is 0 Å². The number of carbonyl (C=O) groups excluding carboxylic acids is 1. The van der Waals surface area contributed by atoms with E-state index < -0.39 is 0 Å². The van der Waals surface area contributed by atoms with Gasteiger partial charge in [-0.1, -0.05) is 11.8 Å². The summed E-state index contributed by atoms with van der Waals surface area (Å²) in [6, 6.07) is 5.65. The third kappa shape index (κ3) is 2.97. The summed E-state index contributed by atoms with van der Waals surface area (Å²) in [4.78, 5) is 18.7. The third-order valence-corrected chi connectivity index (χ3v) is 6.36. The number of amides is 1. The molecule has 0 aliphatic carbocycles. The minimum absolute atomic E-state index is 0.0352. The summed E-state index contributed by atoms with van der Waals surface area (Å²) in [6.07, 6.45) is 4.84. The summed E-state index contributed by atoms with van der Waals surface area (Å²) in [7, 11) is 0. The summed E-state index contributed by atoms with van der Waals surface area (Å²) in [5.74, 6) is 0.971. The van der Waals surface area contributed by atoms with E-state index in [2.05, 4.69) is 10.3 Å². The van der Waals surface area contributed by atoms with Gasteiger partial charge in [0.05, 0.1) is 15.9 Å². The molecule has 22 heavy (non-hydrogen) atoms. The Balaban J connectivity index is 1.89. The third-order valence-electron chi connectivity index (χ3n) is 3.42. The van der Waals surface area contributed by atoms with Crippen LogP contribution >= 0.6 is 47.1 Å². The molecule has 2 aromatic rings. The van der Waals surface area contributed by atoms with Crippen molar-refractivity contribution in [2.75, 3.05) is 23.2 Å². The van der Waals surface area contributed by atoms with E-state index in [0.717, 1.165) is 32.4 Å². The highest BCUT2D eigenvalue weighted by Crippen LogP contribution is 2.32. The molecule has 4 nitrogen and oxygen atoms in total. The van der Waals surface area contributed by atoms with Crippen LogP contribution in [-0.2, 0) is 4.79 Å². The van der Waals surface area contributed by atoms with Gasteiger partial charge in [-0.3, -0.25) is 9.69 Å². The highest BCUT2D eigenvalue weighted by molar-refractivity contribution is 8.00. The molecule has 3 rings (SSSR count). The van der Waals surface area contributed by atoms with Gasteiger partial charge in [-0.05, 0) is 55.1 Å². The second kappa shape index (κ2) is 6.74. The van der Waals surface area contributed by atoms with Gasteiger partial charge >= 0.3 is 0 Å². The molecule has 1 aromatic heterocycles. The van der Waals surface area contributed by atoms with Crippen molar-refractivity contribution in [3.8, 4) is 0 Å². The van der Waals surface area contributed by atoms with Gasteiger partial charge in [-0.25, -0.2) is 4.98 Å². The lowest BCUT2D eigenvalue weighted by Gasteiger charge is -2.14. The van der Waals surface area contributed by atoms with E-state index in [1.165, 1.54) is 0 Å². The van der Waals surface area contributed by atoms with Gasteiger partial charge in [-0.2, -0.15) is 11.8 Å². The maximum Gasteiger partial charge on any atom is 0.255 e. The summed E-state index contributed by atoms with van der Waals surface area (Å²) < 4.78 is 2.10. The number of nitrogens with zero attached hydrogens (tertiary/aromatic N) is 2. The molecule has 1 fully saturated rings. The van der Waals surface area contributed by atoms with Crippen molar-refractivity contribution in [1.82, 2.24) is 10.3 Å². The van der Waals surface area contributed by atoms with Crippen molar-refractivity contribution in [3.05, 3.63) is 18.2 Å². The van der Waals surface area contributed by atoms with E-state index in [4.69, 9.17) is 12.2 Å². The topological polar surface area (TPSA) is 45.2 Å². The molecule has 0 unspecified atom stereocenters. The fraction of sp³-hybridized carbons (Fsp3) is 0.357. The van der Waals surface area contributed by atoms with Crippen molar-refractivity contribution >= 4 is 74.0 Å². The van der Waals surface area contributed by atoms with Gasteiger partial charge in [0.25, 0.3) is 5.91 Å². The first kappa shape index (κ1) is 16.0. The number of nitrogens with one attached hydrogen (secondary N) is 1. The van der Waals surface area contributed by atoms with E-state index in [9.17, 15) is 4.79 Å². The van der Waals surface area contributed by atoms with E-state index in [0.29, 0.717) is 5.11 Å². The fourth-order valence-electron chi connectivity index (χ4n) is 2.33. The van der Waals surface area contributed by atoms with Crippen molar-refractivity contribution in [2.24, 2.45) is 0 Å². The van der Waals surface area contributed by atoms with E-state index in [-0.39, 0.29) is 11.9 Å². The van der Waals surface area contributed by atoms with Gasteiger partial charge in [0.1, 0.15) is 6.04 Å². The Morgan fingerprint density at radius 2 is 2.27 bits per heavy atom. The average molecular weight is 370 g/mol. The number of carbonyl (C=O) groups is 1. The lowest BCUT2D eigenvalue weighted by atomic mass is 10.2. The second-order valence-electron chi connectivity index (χ2n) is 4.79. The number of aromatic nitrogens is 1. The molecule has 0 radical (unpaired) electrons. The molecular formula is C14H15N3OS4. The molecule has 1 saturated heterocycles. The van der Waals surface area contributed by atoms with Gasteiger partial charge in [0, 0.05) is 0 Å². The lowest BCUT2D eigenvalue weighted by molar-refractivity contribution is -0.118. The first-order chi connectivity index (χ1) is 10.6. The standard InChI is InChI=1S/C14H15N3OS4/c1-20-6-5-10-12(18)17(13(19)15-10)8-3-4-9-11(7-8)22-14(16-9)21-2/h3-4,7,10H,5-6H2,1-2H3,(H,15,19)/t10-/m0/s1. The molecule has 0 saturated carbocycles. The monoisotopic (exact) mass is 369 g/mol. The number of thiocarbonyl (C=S) groups is 1. The van der Waals surface area contributed by atoms with Crippen molar-refractivity contribution < 1.29 is 4.79 Å². The van der Waals surface area contributed by atoms with Crippen LogP contribution in [0, 0.1) is 0 Å². The smallest absolute Gasteiger partial charge is 0.255 e. The number of fused-ring (bicyclic) bond motifs is 1. The molecule has 0 bridgehead atoms. The second-order valence-corrected chi connectivity index (χ2v) is 8.25. The zero-order chi connectivity index (χ0) is 15.7. The summed E-state index contributed by atoms with van der Waals surface area (Å²) in [6.45, 7) is 0. The number of rotatable bonds is 5. The molecule has 116 valence electrons. The predicted octanol–water partition coefficient (Wildman–Crippen LogP) is 3.36. The number of thiazole rings is 1. The number of hydrogen-bond acceptors (Lipinski definition) is 6. The zero-order valence-electron chi connectivity index (χ0n) is 12.2. The number of anilines is 1. The van der Waals surface area contributed by atoms with Crippen molar-refractivity contribution in [1.29, 1.82) is 0 Å². The zero-order valence-corrected chi connectivity index (χ0v) is 15.4. The van der Waals surface area contributed by atoms with Crippen LogP contribution in [0.25, 0.3) is 10.2 Å². The fourth-order valence-corrected chi connectivity index (χ4v) is 4.66. The summed E-state index contributed by atoms with van der Waals surface area (Å²) in [5.41, 5.74) is 1.78. The number of benzene rings is 1. The van der Waals surface area contributed by atoms with Gasteiger partial charge in [0.15, 0.2) is 9.45 Å². The number of hydrogen-bond donors (Lipinski definition) is 1. The van der Waals surface area contributed by atoms with Crippen LogP contribution < -0.4 is 10.2 Å². The van der Waals surface area contributed by atoms with Crippen LogP contribution in [0.5, 0.6) is 0 Å². The predicted molar refractivity (Wildman–Crippen MR) is 101 cm³/mol. The molecular weight excluding hydrogens is 354 g/mol. The first-order valence-electron chi connectivity index (χ1n) is 6.72. The summed E-state index contributed by atoms with van der Waals surface area (Å²) in [5, 5.41) is 3.62. The number of thioether (sulfide) groups is 2. The van der Waals surface area contributed by atoms with E-state index in [1.807, 2.05) is 30.7 Å². The quantitative estimate of drug-likeness (QED) is 0.644. The molecule has 1 aliphatic heterocycles. The molecule has 1 amide bonds. The first-order valence-corrected chi connectivity index (χ1v) is 10.6. The van der Waals surface area contributed by atoms with Crippen LogP contribution in [-0.4, -0.2) is 40.3 Å². The Labute approximate surface area is 147 Å². The normalized spacial score (nSPS) is 18.3. The largest absolute Gasteiger partial charge is 0.350 e. The van der Waals surface area contributed by atoms with Crippen LogP contribution in [0.2, 0.25) is 0 Å². The van der Waals surface area contributed by atoms with Gasteiger partial charge < -0.3 is 5.32 Å². The Bertz CT molecular complexity index is 730. The van der Waals surface area contributed by atoms with Crippen LogP contribution in [0.15, 0.2) is 22.5 Å². The molecule has 8 heteroatoms. The van der Waals surface area contributed by atoms with Crippen molar-refractivity contribution in [3.63, 3.8) is 0 Å². The Kier molecular flexibility index (Phi) is 4.91. The minimum Gasteiger partial charge on any atom is -0.350 e. The Hall–Kier alpha value is -0.830. The molecule has 1 N–H and O–H groups in total. The Morgan fingerprint density at radius 1 is 1.45 bits per heavy atom. The van der Waals surface area contributed by atoms with E-state index >= 15 is 0 Å². The molecule has 0 spiro atoms. The highest BCUT2D eigenvalue weighted by Gasteiger charge is 2.36. The lowest BCUT2D eigenvalue weighted by Crippen LogP contribution is -2.31. The summed E-state index contributed by atoms with van der Waals surface area (Å²) >= 11 is 10.3. The Morgan fingerprint density at radius 3 is 3.00 bits per heavy atom. The van der Waals surface area contributed by atoms with Crippen molar-refractivity contribution in [2.45, 2.75) is 16.8 Å². The molecule has 1 aromatic carbocycles. The average Bonchev–Trinajstić information content (AvgIpc) is 3.05. The van der Waals surface area contributed by atoms with E-state index in [1.54, 1.807) is 39.8 Å². The van der Waals surface area contributed by atoms with Gasteiger partial charge in [-0.15, -0.1) is 11.3 Å². The minimum atomic E-state index is -0.209. The highest BCUT2D eigenvalue weighted by atomic mass is 32.2.